The Labute approximate surface area is 368 Å². The fraction of sp³-hybridized carbons (Fsp3) is 0.0690. The SMILES string of the molecule is CC1(C)c2ccccc2-c2ccc(N(c3ccc4c(c3)C(c3ccccc3)(c3cccc(-c5c(F)c(F)c(F)c(F)c5F)c3)c3ccccc3-4)c3ccccc3-c3ccccc3)cc21. The number of anilines is 3. The van der Waals surface area contributed by atoms with Crippen LogP contribution < -0.4 is 4.90 Å². The van der Waals surface area contributed by atoms with Crippen molar-refractivity contribution < 1.29 is 22.0 Å². The van der Waals surface area contributed by atoms with Crippen LogP contribution in [0.25, 0.3) is 44.5 Å². The van der Waals surface area contributed by atoms with Gasteiger partial charge in [0.2, 0.25) is 5.82 Å². The highest BCUT2D eigenvalue weighted by Gasteiger charge is 2.47. The third kappa shape index (κ3) is 5.68. The molecule has 0 N–H and O–H groups in total. The summed E-state index contributed by atoms with van der Waals surface area (Å²) >= 11 is 0. The molecule has 2 aliphatic rings. The highest BCUT2D eigenvalue weighted by molar-refractivity contribution is 5.94. The summed E-state index contributed by atoms with van der Waals surface area (Å²) in [7, 11) is 0. The van der Waals surface area contributed by atoms with Crippen molar-refractivity contribution in [3.8, 4) is 44.5 Å². The highest BCUT2D eigenvalue weighted by atomic mass is 19.2. The highest BCUT2D eigenvalue weighted by Crippen LogP contribution is 2.58. The fourth-order valence-electron chi connectivity index (χ4n) is 10.4. The lowest BCUT2D eigenvalue weighted by Gasteiger charge is -2.35. The molecule has 310 valence electrons. The molecule has 0 spiro atoms. The third-order valence-electron chi connectivity index (χ3n) is 13.3. The molecule has 11 rings (SSSR count). The van der Waals surface area contributed by atoms with Gasteiger partial charge in [-0.1, -0.05) is 172 Å². The summed E-state index contributed by atoms with van der Waals surface area (Å²) in [6.07, 6.45) is 0. The first kappa shape index (κ1) is 39.3. The Balaban J connectivity index is 1.19. The van der Waals surface area contributed by atoms with E-state index in [1.807, 2.05) is 78.9 Å². The second-order valence-electron chi connectivity index (χ2n) is 17.0. The van der Waals surface area contributed by atoms with Crippen LogP contribution in [-0.2, 0) is 10.8 Å². The molecular weight excluding hydrogens is 806 g/mol. The lowest BCUT2D eigenvalue weighted by molar-refractivity contribution is 0.381. The molecule has 0 fully saturated rings. The molecule has 2 aliphatic carbocycles. The fourth-order valence-corrected chi connectivity index (χ4v) is 10.4. The minimum absolute atomic E-state index is 0.136. The summed E-state index contributed by atoms with van der Waals surface area (Å²) in [6, 6.07) is 64.7. The number of fused-ring (bicyclic) bond motifs is 6. The first-order chi connectivity index (χ1) is 31.1. The maximum absolute atomic E-state index is 15.6. The van der Waals surface area contributed by atoms with E-state index in [1.165, 1.54) is 28.3 Å². The number of benzene rings is 9. The van der Waals surface area contributed by atoms with Gasteiger partial charge in [0.15, 0.2) is 23.3 Å². The van der Waals surface area contributed by atoms with Gasteiger partial charge in [-0.3, -0.25) is 0 Å². The van der Waals surface area contributed by atoms with Crippen LogP contribution >= 0.6 is 0 Å². The Bertz CT molecular complexity index is 3290. The number of hydrogen-bond donors (Lipinski definition) is 0. The molecule has 1 nitrogen and oxygen atoms in total. The van der Waals surface area contributed by atoms with Gasteiger partial charge in [-0.15, -0.1) is 0 Å². The van der Waals surface area contributed by atoms with Gasteiger partial charge in [0.25, 0.3) is 0 Å². The number of nitrogens with zero attached hydrogens (tertiary/aromatic N) is 1. The average Bonchev–Trinajstić information content (AvgIpc) is 3.76. The number of hydrogen-bond acceptors (Lipinski definition) is 1. The van der Waals surface area contributed by atoms with Crippen molar-refractivity contribution in [3.63, 3.8) is 0 Å². The Kier molecular flexibility index (Phi) is 9.07. The Morgan fingerprint density at radius 2 is 0.812 bits per heavy atom. The minimum atomic E-state index is -2.20. The summed E-state index contributed by atoms with van der Waals surface area (Å²) in [6.45, 7) is 4.54. The quantitative estimate of drug-likeness (QED) is 0.0878. The number of halogens is 5. The maximum atomic E-state index is 15.6. The van der Waals surface area contributed by atoms with Gasteiger partial charge in [0.05, 0.1) is 16.7 Å². The zero-order valence-corrected chi connectivity index (χ0v) is 34.8. The van der Waals surface area contributed by atoms with E-state index >= 15 is 8.78 Å². The van der Waals surface area contributed by atoms with Crippen LogP contribution in [0.4, 0.5) is 39.0 Å². The van der Waals surface area contributed by atoms with Gasteiger partial charge in [0, 0.05) is 22.4 Å². The predicted octanol–water partition coefficient (Wildman–Crippen LogP) is 15.9. The zero-order chi connectivity index (χ0) is 43.9. The molecule has 9 aromatic carbocycles. The lowest BCUT2D eigenvalue weighted by Crippen LogP contribution is -2.29. The largest absolute Gasteiger partial charge is 0.310 e. The number of rotatable bonds is 7. The normalized spacial score (nSPS) is 15.3. The molecule has 0 heterocycles. The van der Waals surface area contributed by atoms with Gasteiger partial charge in [-0.05, 0) is 103 Å². The topological polar surface area (TPSA) is 3.24 Å². The van der Waals surface area contributed by atoms with E-state index < -0.39 is 40.1 Å². The van der Waals surface area contributed by atoms with Crippen molar-refractivity contribution in [1.82, 2.24) is 0 Å². The van der Waals surface area contributed by atoms with Gasteiger partial charge in [-0.2, -0.15) is 0 Å². The first-order valence-corrected chi connectivity index (χ1v) is 21.2. The van der Waals surface area contributed by atoms with E-state index in [-0.39, 0.29) is 11.0 Å². The van der Waals surface area contributed by atoms with Crippen molar-refractivity contribution >= 4 is 17.1 Å². The summed E-state index contributed by atoms with van der Waals surface area (Å²) in [5.41, 5.74) is 12.4. The van der Waals surface area contributed by atoms with E-state index in [1.54, 1.807) is 12.1 Å². The Hall–Kier alpha value is -7.57. The maximum Gasteiger partial charge on any atom is 0.200 e. The smallest absolute Gasteiger partial charge is 0.200 e. The summed E-state index contributed by atoms with van der Waals surface area (Å²) in [5, 5.41) is 0. The molecule has 64 heavy (non-hydrogen) atoms. The monoisotopic (exact) mass is 843 g/mol. The van der Waals surface area contributed by atoms with E-state index in [4.69, 9.17) is 0 Å². The van der Waals surface area contributed by atoms with Crippen molar-refractivity contribution in [2.24, 2.45) is 0 Å². The molecule has 0 saturated heterocycles. The zero-order valence-electron chi connectivity index (χ0n) is 34.8. The average molecular weight is 844 g/mol. The van der Waals surface area contributed by atoms with Crippen LogP contribution in [0.1, 0.15) is 47.2 Å². The van der Waals surface area contributed by atoms with Crippen LogP contribution in [0.3, 0.4) is 0 Å². The Morgan fingerprint density at radius 1 is 0.344 bits per heavy atom. The van der Waals surface area contributed by atoms with Crippen LogP contribution in [0.2, 0.25) is 0 Å². The molecular formula is C58H38F5N. The molecule has 6 heteroatoms. The lowest BCUT2D eigenvalue weighted by atomic mass is 9.67. The van der Waals surface area contributed by atoms with Crippen LogP contribution in [0.15, 0.2) is 194 Å². The van der Waals surface area contributed by atoms with Crippen molar-refractivity contribution in [1.29, 1.82) is 0 Å². The number of para-hydroxylation sites is 1. The molecule has 0 radical (unpaired) electrons. The molecule has 0 aliphatic heterocycles. The van der Waals surface area contributed by atoms with Crippen LogP contribution in [-0.4, -0.2) is 0 Å². The second-order valence-corrected chi connectivity index (χ2v) is 17.0. The predicted molar refractivity (Wildman–Crippen MR) is 247 cm³/mol. The summed E-state index contributed by atoms with van der Waals surface area (Å²) < 4.78 is 75.1. The summed E-state index contributed by atoms with van der Waals surface area (Å²) in [4.78, 5) is 2.30. The van der Waals surface area contributed by atoms with Gasteiger partial charge >= 0.3 is 0 Å². The van der Waals surface area contributed by atoms with Crippen LogP contribution in [0, 0.1) is 29.1 Å². The van der Waals surface area contributed by atoms with Gasteiger partial charge in [-0.25, -0.2) is 22.0 Å². The van der Waals surface area contributed by atoms with Crippen LogP contribution in [0.5, 0.6) is 0 Å². The summed E-state index contributed by atoms with van der Waals surface area (Å²) in [5.74, 6) is -9.95. The molecule has 1 unspecified atom stereocenters. The third-order valence-corrected chi connectivity index (χ3v) is 13.3. The molecule has 0 saturated carbocycles. The minimum Gasteiger partial charge on any atom is -0.310 e. The molecule has 9 aromatic rings. The van der Waals surface area contributed by atoms with Gasteiger partial charge < -0.3 is 4.90 Å². The van der Waals surface area contributed by atoms with Crippen molar-refractivity contribution in [3.05, 3.63) is 257 Å². The van der Waals surface area contributed by atoms with E-state index in [0.29, 0.717) is 5.56 Å². The standard InChI is InChI=1S/C58H38F5N/c1-57(2)46-25-12-9-23-42(46)44-30-28-39(33-48(44)57)64(50-27-14-11-22-41(50)35-16-5-3-6-17-35)40-29-31-45-43-24-10-13-26-47(43)58(49(45)34-40,37-19-7-4-8-20-37)38-21-15-18-36(32-38)51-52(59)54(61)56(63)55(62)53(51)60/h3-34H,1-2H3. The van der Waals surface area contributed by atoms with E-state index in [0.717, 1.165) is 56.0 Å². The van der Waals surface area contributed by atoms with Crippen molar-refractivity contribution in [2.75, 3.05) is 4.90 Å². The Morgan fingerprint density at radius 3 is 1.48 bits per heavy atom. The van der Waals surface area contributed by atoms with Crippen molar-refractivity contribution in [2.45, 2.75) is 24.7 Å². The van der Waals surface area contributed by atoms with E-state index in [9.17, 15) is 13.2 Å². The first-order valence-electron chi connectivity index (χ1n) is 21.2. The second kappa shape index (κ2) is 14.8. The molecule has 0 aromatic heterocycles. The molecule has 0 bridgehead atoms. The van der Waals surface area contributed by atoms with E-state index in [2.05, 4.69) is 116 Å². The van der Waals surface area contributed by atoms with Gasteiger partial charge in [0.1, 0.15) is 0 Å². The molecule has 0 amide bonds. The molecule has 1 atom stereocenters.